The third-order valence-electron chi connectivity index (χ3n) is 4.11. The molecular weight excluding hydrogens is 406 g/mol. The van der Waals surface area contributed by atoms with Gasteiger partial charge in [-0.3, -0.25) is 29.4 Å². The Morgan fingerprint density at radius 3 is 2.57 bits per heavy atom. The van der Waals surface area contributed by atoms with Crippen LogP contribution >= 0.6 is 11.8 Å². The quantitative estimate of drug-likeness (QED) is 0.415. The van der Waals surface area contributed by atoms with Crippen LogP contribution in [0.15, 0.2) is 65.6 Å². The van der Waals surface area contributed by atoms with Crippen molar-refractivity contribution in [3.8, 4) is 0 Å². The van der Waals surface area contributed by atoms with E-state index >= 15 is 0 Å². The van der Waals surface area contributed by atoms with Gasteiger partial charge in [0.05, 0.1) is 9.83 Å². The summed E-state index contributed by atoms with van der Waals surface area (Å²) in [5, 5.41) is 13.0. The fourth-order valence-electron chi connectivity index (χ4n) is 2.66. The van der Waals surface area contributed by atoms with Gasteiger partial charge in [0.25, 0.3) is 16.8 Å². The second-order valence-electron chi connectivity index (χ2n) is 6.22. The molecule has 0 atom stereocenters. The molecule has 3 amide bonds. The highest BCUT2D eigenvalue weighted by atomic mass is 32.2. The number of rotatable bonds is 7. The fourth-order valence-corrected chi connectivity index (χ4v) is 3.52. The molecule has 2 aromatic carbocycles. The first-order valence-corrected chi connectivity index (χ1v) is 9.76. The minimum Gasteiger partial charge on any atom is -0.351 e. The zero-order valence-corrected chi connectivity index (χ0v) is 16.5. The first-order valence-electron chi connectivity index (χ1n) is 8.95. The van der Waals surface area contributed by atoms with Crippen LogP contribution in [0.25, 0.3) is 12.2 Å². The lowest BCUT2D eigenvalue weighted by molar-refractivity contribution is -0.384. The molecule has 0 aliphatic carbocycles. The van der Waals surface area contributed by atoms with Crippen molar-refractivity contribution < 1.29 is 19.3 Å². The molecule has 0 radical (unpaired) electrons. The molecule has 1 fully saturated rings. The monoisotopic (exact) mass is 423 g/mol. The maximum Gasteiger partial charge on any atom is 0.293 e. The van der Waals surface area contributed by atoms with Gasteiger partial charge in [0, 0.05) is 31.3 Å². The molecule has 1 N–H and O–H groups in total. The summed E-state index contributed by atoms with van der Waals surface area (Å²) < 4.78 is 0. The van der Waals surface area contributed by atoms with Crippen LogP contribution in [0.4, 0.5) is 10.5 Å². The Labute approximate surface area is 176 Å². The largest absolute Gasteiger partial charge is 0.351 e. The van der Waals surface area contributed by atoms with Crippen molar-refractivity contribution in [1.82, 2.24) is 10.2 Å². The average Bonchev–Trinajstić information content (AvgIpc) is 3.00. The van der Waals surface area contributed by atoms with E-state index in [2.05, 4.69) is 5.32 Å². The van der Waals surface area contributed by atoms with Crippen molar-refractivity contribution in [2.75, 3.05) is 13.1 Å². The van der Waals surface area contributed by atoms with Gasteiger partial charge in [0.1, 0.15) is 0 Å². The normalized spacial score (nSPS) is 15.2. The van der Waals surface area contributed by atoms with Crippen molar-refractivity contribution in [2.45, 2.75) is 0 Å². The van der Waals surface area contributed by atoms with Crippen LogP contribution in [0.2, 0.25) is 0 Å². The lowest BCUT2D eigenvalue weighted by Crippen LogP contribution is -2.36. The molecular formula is C21H17N3O5S. The van der Waals surface area contributed by atoms with Gasteiger partial charge in [-0.1, -0.05) is 42.5 Å². The number of hydrogen-bond acceptors (Lipinski definition) is 6. The molecule has 1 saturated heterocycles. The smallest absolute Gasteiger partial charge is 0.293 e. The number of hydrogen-bond donors (Lipinski definition) is 1. The van der Waals surface area contributed by atoms with E-state index in [1.807, 2.05) is 30.3 Å². The average molecular weight is 423 g/mol. The number of imide groups is 1. The number of carbonyl (C=O) groups excluding carboxylic acids is 3. The highest BCUT2D eigenvalue weighted by Gasteiger charge is 2.34. The molecule has 1 aliphatic heterocycles. The lowest BCUT2D eigenvalue weighted by atomic mass is 10.2. The number of thioether (sulfide) groups is 1. The molecule has 0 unspecified atom stereocenters. The van der Waals surface area contributed by atoms with Crippen LogP contribution in [0.1, 0.15) is 11.1 Å². The predicted molar refractivity (Wildman–Crippen MR) is 114 cm³/mol. The zero-order chi connectivity index (χ0) is 21.5. The second kappa shape index (κ2) is 9.66. The van der Waals surface area contributed by atoms with E-state index in [-0.39, 0.29) is 24.0 Å². The van der Waals surface area contributed by atoms with Gasteiger partial charge >= 0.3 is 0 Å². The number of amides is 3. The Morgan fingerprint density at radius 2 is 1.83 bits per heavy atom. The molecule has 0 spiro atoms. The fraction of sp³-hybridized carbons (Fsp3) is 0.0952. The maximum atomic E-state index is 12.4. The molecule has 0 aromatic heterocycles. The number of nitrogens with one attached hydrogen (secondary N) is 1. The predicted octanol–water partition coefficient (Wildman–Crippen LogP) is 3.46. The van der Waals surface area contributed by atoms with Crippen LogP contribution in [0, 0.1) is 10.1 Å². The van der Waals surface area contributed by atoms with Gasteiger partial charge in [-0.15, -0.1) is 0 Å². The first kappa shape index (κ1) is 21.0. The number of carbonyl (C=O) groups is 3. The van der Waals surface area contributed by atoms with Gasteiger partial charge in [-0.05, 0) is 35.0 Å². The van der Waals surface area contributed by atoms with E-state index in [0.717, 1.165) is 22.2 Å². The maximum absolute atomic E-state index is 12.4. The number of nitro groups is 1. The Hall–Kier alpha value is -3.72. The summed E-state index contributed by atoms with van der Waals surface area (Å²) in [6, 6.07) is 15.1. The Bertz CT molecular complexity index is 1050. The molecule has 1 aliphatic rings. The van der Waals surface area contributed by atoms with E-state index in [1.165, 1.54) is 30.4 Å². The highest BCUT2D eigenvalue weighted by Crippen LogP contribution is 2.31. The number of nitrogens with zero attached hydrogens (tertiary/aromatic N) is 2. The molecule has 0 bridgehead atoms. The van der Waals surface area contributed by atoms with Crippen LogP contribution in [0.3, 0.4) is 0 Å². The summed E-state index contributed by atoms with van der Waals surface area (Å²) in [5.74, 6) is -0.830. The SMILES string of the molecule is O=C(C=Cc1cccc([N+](=O)[O-])c1)NCCN1C(=O)SC(=Cc2ccccc2)C1=O. The van der Waals surface area contributed by atoms with Crippen LogP contribution in [-0.2, 0) is 9.59 Å². The Kier molecular flexibility index (Phi) is 6.76. The molecule has 30 heavy (non-hydrogen) atoms. The topological polar surface area (TPSA) is 110 Å². The second-order valence-corrected chi connectivity index (χ2v) is 7.21. The number of nitro benzene ring substituents is 1. The van der Waals surface area contributed by atoms with Crippen molar-refractivity contribution in [1.29, 1.82) is 0 Å². The standard InChI is InChI=1S/C21H17N3O5S/c25-19(10-9-16-7-4-8-17(13-16)24(28)29)22-11-12-23-20(26)18(30-21(23)27)14-15-5-2-1-3-6-15/h1-10,13-14H,11-12H2,(H,22,25). The molecule has 3 rings (SSSR count). The van der Waals surface area contributed by atoms with Crippen molar-refractivity contribution in [3.05, 3.63) is 86.8 Å². The summed E-state index contributed by atoms with van der Waals surface area (Å²) in [5.41, 5.74) is 1.26. The molecule has 152 valence electrons. The van der Waals surface area contributed by atoms with E-state index in [1.54, 1.807) is 12.1 Å². The van der Waals surface area contributed by atoms with Gasteiger partial charge < -0.3 is 5.32 Å². The van der Waals surface area contributed by atoms with Gasteiger partial charge in [-0.2, -0.15) is 0 Å². The minimum absolute atomic E-state index is 0.0488. The highest BCUT2D eigenvalue weighted by molar-refractivity contribution is 8.18. The Balaban J connectivity index is 1.52. The molecule has 0 saturated carbocycles. The molecule has 1 heterocycles. The third kappa shape index (κ3) is 5.42. The molecule has 8 nitrogen and oxygen atoms in total. The van der Waals surface area contributed by atoms with E-state index < -0.39 is 16.7 Å². The third-order valence-corrected chi connectivity index (χ3v) is 5.02. The summed E-state index contributed by atoms with van der Waals surface area (Å²) in [7, 11) is 0. The zero-order valence-electron chi connectivity index (χ0n) is 15.7. The molecule has 9 heteroatoms. The van der Waals surface area contributed by atoms with Crippen molar-refractivity contribution in [2.24, 2.45) is 0 Å². The van der Waals surface area contributed by atoms with E-state index in [4.69, 9.17) is 0 Å². The van der Waals surface area contributed by atoms with Crippen LogP contribution in [0.5, 0.6) is 0 Å². The summed E-state index contributed by atoms with van der Waals surface area (Å²) in [6.45, 7) is 0.141. The number of non-ortho nitro benzene ring substituents is 1. The van der Waals surface area contributed by atoms with Crippen molar-refractivity contribution in [3.63, 3.8) is 0 Å². The van der Waals surface area contributed by atoms with Crippen LogP contribution < -0.4 is 5.32 Å². The Morgan fingerprint density at radius 1 is 1.10 bits per heavy atom. The summed E-state index contributed by atoms with van der Waals surface area (Å²) in [4.78, 5) is 48.2. The van der Waals surface area contributed by atoms with E-state index in [9.17, 15) is 24.5 Å². The van der Waals surface area contributed by atoms with Gasteiger partial charge in [0.15, 0.2) is 0 Å². The summed E-state index contributed by atoms with van der Waals surface area (Å²) >= 11 is 0.863. The van der Waals surface area contributed by atoms with Gasteiger partial charge in [-0.25, -0.2) is 0 Å². The summed E-state index contributed by atoms with van der Waals surface area (Å²) in [6.07, 6.45) is 4.35. The van der Waals surface area contributed by atoms with Crippen molar-refractivity contribution >= 4 is 46.7 Å². The lowest BCUT2D eigenvalue weighted by Gasteiger charge is -2.12. The first-order chi connectivity index (χ1) is 14.4. The van der Waals surface area contributed by atoms with E-state index in [0.29, 0.717) is 10.5 Å². The minimum atomic E-state index is -0.514. The van der Waals surface area contributed by atoms with Crippen LogP contribution in [-0.4, -0.2) is 40.0 Å². The number of benzene rings is 2. The molecule has 2 aromatic rings. The van der Waals surface area contributed by atoms with Gasteiger partial charge in [0.2, 0.25) is 5.91 Å².